The van der Waals surface area contributed by atoms with Crippen LogP contribution in [-0.4, -0.2) is 40.4 Å². The summed E-state index contributed by atoms with van der Waals surface area (Å²) in [7, 11) is 2.98. The molecule has 2 rings (SSSR count). The van der Waals surface area contributed by atoms with Crippen LogP contribution in [0.5, 0.6) is 5.75 Å². The van der Waals surface area contributed by atoms with Gasteiger partial charge in [0.15, 0.2) is 0 Å². The molecular formula is C19H23N3O5. The number of ether oxygens (including phenoxy) is 1. The summed E-state index contributed by atoms with van der Waals surface area (Å²) in [6.45, 7) is 3.23. The second kappa shape index (κ2) is 8.48. The van der Waals surface area contributed by atoms with Crippen LogP contribution < -0.4 is 15.6 Å². The number of methoxy groups -OCH3 is 1. The molecule has 0 fully saturated rings. The third-order valence-corrected chi connectivity index (χ3v) is 4.47. The highest BCUT2D eigenvalue weighted by Gasteiger charge is 2.23. The highest BCUT2D eigenvalue weighted by molar-refractivity contribution is 5.95. The molecule has 1 unspecified atom stereocenters. The van der Waals surface area contributed by atoms with Crippen LogP contribution in [0.4, 0.5) is 0 Å². The molecule has 0 saturated heterocycles. The summed E-state index contributed by atoms with van der Waals surface area (Å²) in [6, 6.07) is 7.12. The van der Waals surface area contributed by atoms with Crippen molar-refractivity contribution in [2.45, 2.75) is 20.3 Å². The Balaban J connectivity index is 2.19. The predicted octanol–water partition coefficient (Wildman–Crippen LogP) is 1.08. The topological polar surface area (TPSA) is 111 Å². The molecule has 0 saturated carbocycles. The lowest BCUT2D eigenvalue weighted by atomic mass is 9.98. The Bertz CT molecular complexity index is 920. The molecule has 0 aliphatic heterocycles. The van der Waals surface area contributed by atoms with Crippen molar-refractivity contribution in [2.24, 2.45) is 13.0 Å². The number of hydrogen-bond donors (Lipinski definition) is 2. The molecule has 8 nitrogen and oxygen atoms in total. The van der Waals surface area contributed by atoms with Crippen molar-refractivity contribution in [3.8, 4) is 5.75 Å². The minimum atomic E-state index is -1.04. The van der Waals surface area contributed by atoms with Crippen molar-refractivity contribution < 1.29 is 19.4 Å². The quantitative estimate of drug-likeness (QED) is 0.751. The van der Waals surface area contributed by atoms with Gasteiger partial charge in [-0.1, -0.05) is 18.2 Å². The summed E-state index contributed by atoms with van der Waals surface area (Å²) in [5.41, 5.74) is 1.23. The number of aryl methyl sites for hydroxylation is 2. The minimum Gasteiger partial charge on any atom is -0.496 e. The number of aliphatic carboxylic acids is 1. The van der Waals surface area contributed by atoms with Crippen LogP contribution in [0.3, 0.4) is 0 Å². The summed E-state index contributed by atoms with van der Waals surface area (Å²) >= 11 is 0. The molecule has 0 aliphatic carbocycles. The molecule has 0 radical (unpaired) electrons. The van der Waals surface area contributed by atoms with Gasteiger partial charge in [-0.2, -0.15) is 5.10 Å². The van der Waals surface area contributed by atoms with Crippen molar-refractivity contribution in [1.29, 1.82) is 0 Å². The number of carbonyl (C=O) groups is 2. The second-order valence-corrected chi connectivity index (χ2v) is 6.28. The minimum absolute atomic E-state index is 0.0218. The number of carbonyl (C=O) groups excluding carboxylic acids is 1. The lowest BCUT2D eigenvalue weighted by Crippen LogP contribution is -2.39. The smallest absolute Gasteiger partial charge is 0.308 e. The van der Waals surface area contributed by atoms with E-state index in [0.29, 0.717) is 17.0 Å². The average Bonchev–Trinajstić information content (AvgIpc) is 2.63. The molecule has 2 aromatic rings. The number of benzene rings is 1. The molecule has 1 amide bonds. The third kappa shape index (κ3) is 4.52. The van der Waals surface area contributed by atoms with Gasteiger partial charge in [-0.05, 0) is 37.5 Å². The summed E-state index contributed by atoms with van der Waals surface area (Å²) in [5.74, 6) is -1.93. The van der Waals surface area contributed by atoms with Crippen molar-refractivity contribution in [1.82, 2.24) is 15.1 Å². The predicted molar refractivity (Wildman–Crippen MR) is 99.1 cm³/mol. The van der Waals surface area contributed by atoms with E-state index in [1.54, 1.807) is 38.1 Å². The highest BCUT2D eigenvalue weighted by Crippen LogP contribution is 2.21. The van der Waals surface area contributed by atoms with Crippen molar-refractivity contribution in [3.63, 3.8) is 0 Å². The first-order chi connectivity index (χ1) is 12.8. The fraction of sp³-hybridized carbons (Fsp3) is 0.368. The van der Waals surface area contributed by atoms with Gasteiger partial charge < -0.3 is 15.2 Å². The molecule has 144 valence electrons. The molecule has 2 N–H and O–H groups in total. The van der Waals surface area contributed by atoms with E-state index in [1.165, 1.54) is 14.2 Å². The number of carboxylic acids is 1. The van der Waals surface area contributed by atoms with Crippen molar-refractivity contribution >= 4 is 11.9 Å². The average molecular weight is 373 g/mol. The van der Waals surface area contributed by atoms with Gasteiger partial charge in [0.1, 0.15) is 11.3 Å². The maximum Gasteiger partial charge on any atom is 0.308 e. The number of carboxylic acid groups (broad SMARTS) is 1. The molecule has 1 heterocycles. The van der Waals surface area contributed by atoms with E-state index < -0.39 is 23.4 Å². The van der Waals surface area contributed by atoms with Crippen LogP contribution in [-0.2, 0) is 18.3 Å². The van der Waals surface area contributed by atoms with E-state index in [4.69, 9.17) is 4.74 Å². The molecule has 0 bridgehead atoms. The summed E-state index contributed by atoms with van der Waals surface area (Å²) < 4.78 is 6.35. The normalized spacial score (nSPS) is 11.7. The Morgan fingerprint density at radius 3 is 2.59 bits per heavy atom. The number of amides is 1. The van der Waals surface area contributed by atoms with Crippen LogP contribution in [0.1, 0.15) is 27.2 Å². The first kappa shape index (κ1) is 20.2. The van der Waals surface area contributed by atoms with E-state index >= 15 is 0 Å². The maximum absolute atomic E-state index is 12.5. The number of hydrogen-bond acceptors (Lipinski definition) is 5. The molecule has 1 aromatic carbocycles. The monoisotopic (exact) mass is 373 g/mol. The van der Waals surface area contributed by atoms with Gasteiger partial charge in [0, 0.05) is 13.6 Å². The molecule has 1 atom stereocenters. The van der Waals surface area contributed by atoms with Gasteiger partial charge in [-0.25, -0.2) is 4.68 Å². The number of aromatic nitrogens is 2. The first-order valence-corrected chi connectivity index (χ1v) is 8.43. The largest absolute Gasteiger partial charge is 0.496 e. The Labute approximate surface area is 156 Å². The van der Waals surface area contributed by atoms with Gasteiger partial charge in [0.05, 0.1) is 18.7 Å². The molecule has 8 heteroatoms. The zero-order valence-electron chi connectivity index (χ0n) is 15.8. The highest BCUT2D eigenvalue weighted by atomic mass is 16.5. The molecule has 1 aromatic heterocycles. The summed E-state index contributed by atoms with van der Waals surface area (Å²) in [6.07, 6.45) is 0.186. The second-order valence-electron chi connectivity index (χ2n) is 6.28. The van der Waals surface area contributed by atoms with E-state index in [9.17, 15) is 19.5 Å². The number of rotatable bonds is 7. The number of para-hydroxylation sites is 1. The Kier molecular flexibility index (Phi) is 6.33. The summed E-state index contributed by atoms with van der Waals surface area (Å²) in [4.78, 5) is 36.4. The van der Waals surface area contributed by atoms with Crippen molar-refractivity contribution in [2.75, 3.05) is 13.7 Å². The fourth-order valence-electron chi connectivity index (χ4n) is 2.80. The Morgan fingerprint density at radius 1 is 1.30 bits per heavy atom. The lowest BCUT2D eigenvalue weighted by Gasteiger charge is -2.16. The van der Waals surface area contributed by atoms with Crippen LogP contribution >= 0.6 is 0 Å². The van der Waals surface area contributed by atoms with Gasteiger partial charge in [-0.15, -0.1) is 0 Å². The molecule has 0 aliphatic rings. The van der Waals surface area contributed by atoms with Crippen LogP contribution in [0.15, 0.2) is 29.1 Å². The van der Waals surface area contributed by atoms with Gasteiger partial charge >= 0.3 is 5.97 Å². The zero-order valence-corrected chi connectivity index (χ0v) is 15.8. The van der Waals surface area contributed by atoms with E-state index in [2.05, 4.69) is 10.4 Å². The Hall–Kier alpha value is -3.16. The first-order valence-electron chi connectivity index (χ1n) is 8.43. The summed E-state index contributed by atoms with van der Waals surface area (Å²) in [5, 5.41) is 16.1. The zero-order chi connectivity index (χ0) is 20.1. The lowest BCUT2D eigenvalue weighted by molar-refractivity contribution is -0.141. The fourth-order valence-corrected chi connectivity index (χ4v) is 2.80. The number of nitrogens with one attached hydrogen (secondary N) is 1. The standard InChI is InChI=1S/C19H23N3O5/c1-11-12(2)21-22(3)18(24)16(11)17(23)20-10-14(19(25)26)9-13-7-5-6-8-15(13)27-4/h5-8,14H,9-10H2,1-4H3,(H,20,23)(H,25,26). The Morgan fingerprint density at radius 2 is 1.96 bits per heavy atom. The third-order valence-electron chi connectivity index (χ3n) is 4.47. The van der Waals surface area contributed by atoms with Gasteiger partial charge in [0.2, 0.25) is 0 Å². The van der Waals surface area contributed by atoms with E-state index in [0.717, 1.165) is 10.2 Å². The molecule has 27 heavy (non-hydrogen) atoms. The maximum atomic E-state index is 12.5. The van der Waals surface area contributed by atoms with Crippen LogP contribution in [0.25, 0.3) is 0 Å². The van der Waals surface area contributed by atoms with Crippen LogP contribution in [0.2, 0.25) is 0 Å². The van der Waals surface area contributed by atoms with Crippen molar-refractivity contribution in [3.05, 3.63) is 57.0 Å². The van der Waals surface area contributed by atoms with Crippen LogP contribution in [0, 0.1) is 19.8 Å². The van der Waals surface area contributed by atoms with E-state index in [1.807, 2.05) is 0 Å². The van der Waals surface area contributed by atoms with Gasteiger partial charge in [-0.3, -0.25) is 14.4 Å². The SMILES string of the molecule is COc1ccccc1CC(CNC(=O)c1c(C)c(C)nn(C)c1=O)C(=O)O. The van der Waals surface area contributed by atoms with Gasteiger partial charge in [0.25, 0.3) is 11.5 Å². The molecular weight excluding hydrogens is 350 g/mol. The number of nitrogens with zero attached hydrogens (tertiary/aromatic N) is 2. The molecule has 0 spiro atoms. The van der Waals surface area contributed by atoms with E-state index in [-0.39, 0.29) is 18.5 Å².